The van der Waals surface area contributed by atoms with E-state index in [1.807, 2.05) is 26.1 Å². The van der Waals surface area contributed by atoms with Crippen LogP contribution in [-0.2, 0) is 7.05 Å². The van der Waals surface area contributed by atoms with E-state index in [0.717, 1.165) is 16.8 Å². The lowest BCUT2D eigenvalue weighted by atomic mass is 10.1. The minimum atomic E-state index is 0.387. The number of nitrogens with zero attached hydrogens (tertiary/aromatic N) is 4. The summed E-state index contributed by atoms with van der Waals surface area (Å²) in [5.74, 6) is 0.387. The Morgan fingerprint density at radius 3 is 2.53 bits per heavy atom. The highest BCUT2D eigenvalue weighted by atomic mass is 35.5. The molecule has 2 aromatic heterocycles. The molecular weight excluding hydrogens is 262 g/mol. The van der Waals surface area contributed by atoms with Crippen molar-refractivity contribution in [2.24, 2.45) is 7.05 Å². The molecule has 19 heavy (non-hydrogen) atoms. The summed E-state index contributed by atoms with van der Waals surface area (Å²) in [4.78, 5) is 8.96. The zero-order valence-corrected chi connectivity index (χ0v) is 11.3. The Kier molecular flexibility index (Phi) is 2.64. The molecule has 0 saturated carbocycles. The van der Waals surface area contributed by atoms with Gasteiger partial charge < -0.3 is 5.73 Å². The zero-order valence-electron chi connectivity index (χ0n) is 10.6. The van der Waals surface area contributed by atoms with Gasteiger partial charge in [0.05, 0.1) is 5.69 Å². The minimum Gasteiger partial charge on any atom is -0.382 e. The van der Waals surface area contributed by atoms with E-state index in [0.29, 0.717) is 22.2 Å². The molecule has 3 aromatic rings. The van der Waals surface area contributed by atoms with Crippen LogP contribution in [0.15, 0.2) is 24.3 Å². The van der Waals surface area contributed by atoms with E-state index < -0.39 is 0 Å². The predicted octanol–water partition coefficient (Wildman–Crippen LogP) is 2.57. The highest BCUT2D eigenvalue weighted by Crippen LogP contribution is 2.26. The number of hydrogen-bond donors (Lipinski definition) is 1. The fraction of sp³-hybridized carbons (Fsp3) is 0.154. The topological polar surface area (TPSA) is 69.6 Å². The van der Waals surface area contributed by atoms with Crippen molar-refractivity contribution in [2.45, 2.75) is 6.92 Å². The number of halogens is 1. The molecule has 2 N–H and O–H groups in total. The SMILES string of the molecule is Cc1nn(C)c2nc(N)c(-c3ccc(Cl)cc3)nc12. The summed E-state index contributed by atoms with van der Waals surface area (Å²) in [5.41, 5.74) is 9.82. The standard InChI is InChI=1S/C13H12ClN5/c1-7-10-13(19(2)18-7)17-12(15)11(16-10)8-3-5-9(14)6-4-8/h3-6H,1-2H3,(H2,15,17). The number of aryl methyl sites for hydroxylation is 2. The second kappa shape index (κ2) is 4.20. The molecule has 0 unspecified atom stereocenters. The average molecular weight is 274 g/mol. The molecule has 96 valence electrons. The predicted molar refractivity (Wildman–Crippen MR) is 75.9 cm³/mol. The fourth-order valence-corrected chi connectivity index (χ4v) is 2.17. The first-order valence-electron chi connectivity index (χ1n) is 5.79. The molecule has 2 heterocycles. The van der Waals surface area contributed by atoms with Crippen LogP contribution in [0.3, 0.4) is 0 Å². The number of aromatic nitrogens is 4. The molecule has 0 atom stereocenters. The number of anilines is 1. The molecule has 0 spiro atoms. The van der Waals surface area contributed by atoms with Gasteiger partial charge in [0.2, 0.25) is 0 Å². The van der Waals surface area contributed by atoms with E-state index in [9.17, 15) is 0 Å². The van der Waals surface area contributed by atoms with Crippen molar-refractivity contribution in [3.63, 3.8) is 0 Å². The Balaban J connectivity index is 2.26. The first-order valence-corrected chi connectivity index (χ1v) is 6.17. The number of rotatable bonds is 1. The largest absolute Gasteiger partial charge is 0.382 e. The summed E-state index contributed by atoms with van der Waals surface area (Å²) in [6.45, 7) is 1.90. The fourth-order valence-electron chi connectivity index (χ4n) is 2.05. The van der Waals surface area contributed by atoms with Gasteiger partial charge in [0.25, 0.3) is 0 Å². The molecule has 0 aliphatic rings. The van der Waals surface area contributed by atoms with Crippen LogP contribution in [0.1, 0.15) is 5.69 Å². The normalized spacial score (nSPS) is 11.1. The molecule has 0 aliphatic heterocycles. The third kappa shape index (κ3) is 1.92. The molecule has 0 fully saturated rings. The Labute approximate surface area is 115 Å². The van der Waals surface area contributed by atoms with Crippen LogP contribution in [0.4, 0.5) is 5.82 Å². The van der Waals surface area contributed by atoms with Crippen LogP contribution in [0.2, 0.25) is 5.02 Å². The molecule has 0 aliphatic carbocycles. The van der Waals surface area contributed by atoms with Gasteiger partial charge in [0.1, 0.15) is 11.2 Å². The first kappa shape index (κ1) is 11.9. The van der Waals surface area contributed by atoms with E-state index in [1.165, 1.54) is 0 Å². The van der Waals surface area contributed by atoms with Crippen molar-refractivity contribution in [1.29, 1.82) is 0 Å². The van der Waals surface area contributed by atoms with Crippen LogP contribution in [0.25, 0.3) is 22.4 Å². The average Bonchev–Trinajstić information content (AvgIpc) is 2.65. The lowest BCUT2D eigenvalue weighted by molar-refractivity contribution is 0.774. The number of hydrogen-bond acceptors (Lipinski definition) is 4. The van der Waals surface area contributed by atoms with Gasteiger partial charge in [-0.1, -0.05) is 23.7 Å². The van der Waals surface area contributed by atoms with Gasteiger partial charge in [0.15, 0.2) is 11.5 Å². The van der Waals surface area contributed by atoms with Crippen LogP contribution < -0.4 is 5.73 Å². The Bertz CT molecular complexity index is 761. The van der Waals surface area contributed by atoms with Crippen molar-refractivity contribution in [3.05, 3.63) is 35.0 Å². The minimum absolute atomic E-state index is 0.387. The van der Waals surface area contributed by atoms with Crippen molar-refractivity contribution in [2.75, 3.05) is 5.73 Å². The highest BCUT2D eigenvalue weighted by Gasteiger charge is 2.13. The molecule has 0 saturated heterocycles. The van der Waals surface area contributed by atoms with E-state index in [4.69, 9.17) is 17.3 Å². The maximum absolute atomic E-state index is 5.99. The van der Waals surface area contributed by atoms with E-state index in [2.05, 4.69) is 15.1 Å². The number of benzene rings is 1. The summed E-state index contributed by atoms with van der Waals surface area (Å²) in [5, 5.41) is 4.97. The molecule has 5 nitrogen and oxygen atoms in total. The van der Waals surface area contributed by atoms with Gasteiger partial charge >= 0.3 is 0 Å². The zero-order chi connectivity index (χ0) is 13.6. The van der Waals surface area contributed by atoms with Crippen molar-refractivity contribution in [1.82, 2.24) is 19.7 Å². The molecule has 3 rings (SSSR count). The second-order valence-electron chi connectivity index (χ2n) is 4.35. The molecule has 0 amide bonds. The summed E-state index contributed by atoms with van der Waals surface area (Å²) < 4.78 is 1.68. The molecule has 1 aromatic carbocycles. The van der Waals surface area contributed by atoms with E-state index in [-0.39, 0.29) is 0 Å². The molecular formula is C13H12ClN5. The van der Waals surface area contributed by atoms with Crippen LogP contribution in [-0.4, -0.2) is 19.7 Å². The highest BCUT2D eigenvalue weighted by molar-refractivity contribution is 6.30. The van der Waals surface area contributed by atoms with Crippen molar-refractivity contribution < 1.29 is 0 Å². The maximum atomic E-state index is 5.99. The summed E-state index contributed by atoms with van der Waals surface area (Å²) >= 11 is 5.88. The van der Waals surface area contributed by atoms with Gasteiger partial charge in [0, 0.05) is 17.6 Å². The quantitative estimate of drug-likeness (QED) is 0.740. The number of nitrogens with two attached hydrogens (primary N) is 1. The van der Waals surface area contributed by atoms with Gasteiger partial charge in [-0.3, -0.25) is 0 Å². The summed E-state index contributed by atoms with van der Waals surface area (Å²) in [7, 11) is 1.82. The van der Waals surface area contributed by atoms with Crippen molar-refractivity contribution in [3.8, 4) is 11.3 Å². The van der Waals surface area contributed by atoms with Gasteiger partial charge in [-0.15, -0.1) is 0 Å². The lowest BCUT2D eigenvalue weighted by Crippen LogP contribution is -2.00. The number of fused-ring (bicyclic) bond motifs is 1. The Morgan fingerprint density at radius 1 is 1.16 bits per heavy atom. The molecule has 0 radical (unpaired) electrons. The maximum Gasteiger partial charge on any atom is 0.178 e. The molecule has 0 bridgehead atoms. The Morgan fingerprint density at radius 2 is 1.84 bits per heavy atom. The summed E-state index contributed by atoms with van der Waals surface area (Å²) in [6, 6.07) is 7.36. The lowest BCUT2D eigenvalue weighted by Gasteiger charge is -2.05. The second-order valence-corrected chi connectivity index (χ2v) is 4.78. The monoisotopic (exact) mass is 273 g/mol. The van der Waals surface area contributed by atoms with Gasteiger partial charge in [-0.05, 0) is 19.1 Å². The van der Waals surface area contributed by atoms with Gasteiger partial charge in [-0.25, -0.2) is 14.6 Å². The van der Waals surface area contributed by atoms with E-state index >= 15 is 0 Å². The van der Waals surface area contributed by atoms with Crippen LogP contribution in [0.5, 0.6) is 0 Å². The van der Waals surface area contributed by atoms with Crippen molar-refractivity contribution >= 4 is 28.6 Å². The molecule has 6 heteroatoms. The number of nitrogen functional groups attached to an aromatic ring is 1. The van der Waals surface area contributed by atoms with E-state index in [1.54, 1.807) is 16.8 Å². The first-order chi connectivity index (χ1) is 9.06. The van der Waals surface area contributed by atoms with Gasteiger partial charge in [-0.2, -0.15) is 5.10 Å². The third-order valence-electron chi connectivity index (χ3n) is 2.97. The Hall–Kier alpha value is -2.14. The summed E-state index contributed by atoms with van der Waals surface area (Å²) in [6.07, 6.45) is 0. The van der Waals surface area contributed by atoms with Crippen LogP contribution >= 0.6 is 11.6 Å². The van der Waals surface area contributed by atoms with Crippen LogP contribution in [0, 0.1) is 6.92 Å². The third-order valence-corrected chi connectivity index (χ3v) is 3.22. The smallest absolute Gasteiger partial charge is 0.178 e.